The summed E-state index contributed by atoms with van der Waals surface area (Å²) in [4.78, 5) is 12.5. The summed E-state index contributed by atoms with van der Waals surface area (Å²) in [7, 11) is 0. The minimum Gasteiger partial charge on any atom is -0.463 e. The van der Waals surface area contributed by atoms with Crippen LogP contribution in [0.2, 0.25) is 0 Å². The molecule has 1 aromatic heterocycles. The number of carbonyl (C=O) groups is 1. The molecule has 0 spiro atoms. The van der Waals surface area contributed by atoms with Crippen LogP contribution in [0.5, 0.6) is 0 Å². The summed E-state index contributed by atoms with van der Waals surface area (Å²) in [5.74, 6) is 0.291. The summed E-state index contributed by atoms with van der Waals surface area (Å²) < 4.78 is 5.58. The van der Waals surface area contributed by atoms with Crippen LogP contribution in [0, 0.1) is 13.8 Å². The Morgan fingerprint density at radius 1 is 1.05 bits per heavy atom. The number of hydrogen-bond acceptors (Lipinski definition) is 3. The second kappa shape index (κ2) is 4.06. The zero-order valence-electron chi connectivity index (χ0n) is 11.8. The molecular formula is C18H14O3. The van der Waals surface area contributed by atoms with Gasteiger partial charge in [-0.25, -0.2) is 0 Å². The molecule has 1 aliphatic rings. The molecular weight excluding hydrogens is 264 g/mol. The topological polar surface area (TPSA) is 50.4 Å². The van der Waals surface area contributed by atoms with Crippen LogP contribution in [0.1, 0.15) is 33.2 Å². The smallest absolute Gasteiger partial charge is 0.200 e. The third kappa shape index (κ3) is 1.49. The lowest BCUT2D eigenvalue weighted by molar-refractivity contribution is 0.0744. The Kier molecular flexibility index (Phi) is 2.39. The number of aliphatic hydroxyl groups is 1. The summed E-state index contributed by atoms with van der Waals surface area (Å²) in [6, 6.07) is 9.86. The molecule has 1 heterocycles. The average Bonchev–Trinajstić information content (AvgIpc) is 2.86. The predicted molar refractivity (Wildman–Crippen MR) is 80.4 cm³/mol. The normalized spacial score (nSPS) is 16.9. The van der Waals surface area contributed by atoms with E-state index >= 15 is 0 Å². The number of benzene rings is 2. The maximum Gasteiger partial charge on any atom is 0.200 e. The average molecular weight is 278 g/mol. The minimum atomic E-state index is -1.13. The second-order valence-corrected chi connectivity index (χ2v) is 5.59. The summed E-state index contributed by atoms with van der Waals surface area (Å²) in [6.07, 6.45) is 0.444. The Labute approximate surface area is 121 Å². The van der Waals surface area contributed by atoms with Gasteiger partial charge in [0.1, 0.15) is 11.9 Å². The summed E-state index contributed by atoms with van der Waals surface area (Å²) in [5, 5.41) is 12.5. The SMILES string of the molecule is Cc1coc2c1C(=O)C(O)c1c-2ccc2c(C)cccc12. The molecule has 0 saturated heterocycles. The Balaban J connectivity index is 2.17. The first-order valence-electron chi connectivity index (χ1n) is 6.92. The van der Waals surface area contributed by atoms with E-state index in [1.165, 1.54) is 0 Å². The number of fused-ring (bicyclic) bond motifs is 5. The number of ketones is 1. The maximum atomic E-state index is 12.5. The van der Waals surface area contributed by atoms with Crippen LogP contribution in [0.3, 0.4) is 0 Å². The van der Waals surface area contributed by atoms with Crippen molar-refractivity contribution in [2.45, 2.75) is 20.0 Å². The molecule has 104 valence electrons. The Morgan fingerprint density at radius 3 is 2.67 bits per heavy atom. The van der Waals surface area contributed by atoms with Gasteiger partial charge in [0.15, 0.2) is 5.78 Å². The van der Waals surface area contributed by atoms with Gasteiger partial charge in [0.05, 0.1) is 11.8 Å². The molecule has 3 nitrogen and oxygen atoms in total. The van der Waals surface area contributed by atoms with E-state index in [0.717, 1.165) is 27.5 Å². The van der Waals surface area contributed by atoms with Crippen LogP contribution in [0.25, 0.3) is 22.1 Å². The van der Waals surface area contributed by atoms with Gasteiger partial charge in [-0.2, -0.15) is 0 Å². The molecule has 1 N–H and O–H groups in total. The molecule has 1 aliphatic carbocycles. The number of rotatable bonds is 0. The number of hydrogen-bond donors (Lipinski definition) is 1. The largest absolute Gasteiger partial charge is 0.463 e. The minimum absolute atomic E-state index is 0.280. The van der Waals surface area contributed by atoms with Crippen molar-refractivity contribution in [3.8, 4) is 11.3 Å². The highest BCUT2D eigenvalue weighted by atomic mass is 16.3. The molecule has 0 saturated carbocycles. The highest BCUT2D eigenvalue weighted by molar-refractivity contribution is 6.12. The van der Waals surface area contributed by atoms with Crippen molar-refractivity contribution in [2.24, 2.45) is 0 Å². The van der Waals surface area contributed by atoms with E-state index in [0.29, 0.717) is 16.9 Å². The zero-order chi connectivity index (χ0) is 14.7. The lowest BCUT2D eigenvalue weighted by Gasteiger charge is -2.22. The monoisotopic (exact) mass is 278 g/mol. The molecule has 0 bridgehead atoms. The van der Waals surface area contributed by atoms with Gasteiger partial charge in [-0.05, 0) is 35.7 Å². The fourth-order valence-electron chi connectivity index (χ4n) is 3.25. The first kappa shape index (κ1) is 12.4. The molecule has 2 aromatic carbocycles. The van der Waals surface area contributed by atoms with Crippen molar-refractivity contribution in [1.82, 2.24) is 0 Å². The first-order chi connectivity index (χ1) is 10.1. The van der Waals surface area contributed by atoms with E-state index in [1.54, 1.807) is 6.26 Å². The summed E-state index contributed by atoms with van der Waals surface area (Å²) in [6.45, 7) is 3.84. The summed E-state index contributed by atoms with van der Waals surface area (Å²) in [5.41, 5.74) is 3.86. The predicted octanol–water partition coefficient (Wildman–Crippen LogP) is 3.95. The molecule has 4 rings (SSSR count). The van der Waals surface area contributed by atoms with Crippen LogP contribution in [-0.4, -0.2) is 10.9 Å². The molecule has 1 unspecified atom stereocenters. The van der Waals surface area contributed by atoms with E-state index in [-0.39, 0.29) is 5.78 Å². The fourth-order valence-corrected chi connectivity index (χ4v) is 3.25. The fraction of sp³-hybridized carbons (Fsp3) is 0.167. The maximum absolute atomic E-state index is 12.5. The van der Waals surface area contributed by atoms with Gasteiger partial charge in [0.2, 0.25) is 0 Å². The molecule has 1 atom stereocenters. The quantitative estimate of drug-likeness (QED) is 0.677. The van der Waals surface area contributed by atoms with E-state index in [2.05, 4.69) is 0 Å². The van der Waals surface area contributed by atoms with Gasteiger partial charge in [-0.1, -0.05) is 30.3 Å². The number of aryl methyl sites for hydroxylation is 2. The molecule has 0 aliphatic heterocycles. The highest BCUT2D eigenvalue weighted by Crippen LogP contribution is 2.44. The molecule has 21 heavy (non-hydrogen) atoms. The lowest BCUT2D eigenvalue weighted by atomic mass is 9.83. The molecule has 0 radical (unpaired) electrons. The van der Waals surface area contributed by atoms with Crippen LogP contribution in [0.15, 0.2) is 41.0 Å². The Hall–Kier alpha value is -2.39. The second-order valence-electron chi connectivity index (χ2n) is 5.59. The third-order valence-corrected chi connectivity index (χ3v) is 4.31. The van der Waals surface area contributed by atoms with Crippen molar-refractivity contribution in [1.29, 1.82) is 0 Å². The zero-order valence-corrected chi connectivity index (χ0v) is 11.8. The number of furan rings is 1. The standard InChI is InChI=1S/C18H14O3/c1-9-4-3-5-12-11(9)6-7-13-15(12)17(20)16(19)14-10(2)8-21-18(13)14/h3-8,17,20H,1-2H3. The molecule has 3 heteroatoms. The Morgan fingerprint density at radius 2 is 1.86 bits per heavy atom. The van der Waals surface area contributed by atoms with Crippen LogP contribution < -0.4 is 0 Å². The highest BCUT2D eigenvalue weighted by Gasteiger charge is 2.35. The summed E-state index contributed by atoms with van der Waals surface area (Å²) >= 11 is 0. The van der Waals surface area contributed by atoms with Crippen molar-refractivity contribution in [3.05, 3.63) is 58.8 Å². The van der Waals surface area contributed by atoms with Crippen molar-refractivity contribution < 1.29 is 14.3 Å². The van der Waals surface area contributed by atoms with Gasteiger partial charge < -0.3 is 9.52 Å². The number of Topliss-reactive ketones (excluding diaryl/α,β-unsaturated/α-hetero) is 1. The van der Waals surface area contributed by atoms with Crippen LogP contribution in [-0.2, 0) is 0 Å². The Bertz CT molecular complexity index is 902. The molecule has 3 aromatic rings. The molecule has 0 amide bonds. The van der Waals surface area contributed by atoms with E-state index in [4.69, 9.17) is 4.42 Å². The first-order valence-corrected chi connectivity index (χ1v) is 6.92. The van der Waals surface area contributed by atoms with Crippen molar-refractivity contribution in [3.63, 3.8) is 0 Å². The lowest BCUT2D eigenvalue weighted by Crippen LogP contribution is -2.19. The van der Waals surface area contributed by atoms with Crippen molar-refractivity contribution >= 4 is 16.6 Å². The van der Waals surface area contributed by atoms with Crippen molar-refractivity contribution in [2.75, 3.05) is 0 Å². The third-order valence-electron chi connectivity index (χ3n) is 4.31. The van der Waals surface area contributed by atoms with E-state index in [9.17, 15) is 9.90 Å². The number of aliphatic hydroxyl groups excluding tert-OH is 1. The van der Waals surface area contributed by atoms with E-state index < -0.39 is 6.10 Å². The van der Waals surface area contributed by atoms with Gasteiger partial charge in [0.25, 0.3) is 0 Å². The molecule has 0 fully saturated rings. The van der Waals surface area contributed by atoms with Gasteiger partial charge in [-0.15, -0.1) is 0 Å². The van der Waals surface area contributed by atoms with E-state index in [1.807, 2.05) is 44.2 Å². The number of carbonyl (C=O) groups excluding carboxylic acids is 1. The van der Waals surface area contributed by atoms with Gasteiger partial charge >= 0.3 is 0 Å². The van der Waals surface area contributed by atoms with Crippen LogP contribution in [0.4, 0.5) is 0 Å². The van der Waals surface area contributed by atoms with Crippen LogP contribution >= 0.6 is 0 Å². The van der Waals surface area contributed by atoms with Gasteiger partial charge in [0, 0.05) is 11.1 Å². The van der Waals surface area contributed by atoms with Gasteiger partial charge in [-0.3, -0.25) is 4.79 Å².